The van der Waals surface area contributed by atoms with Crippen LogP contribution in [0.4, 0.5) is 16.2 Å². The Morgan fingerprint density at radius 1 is 1.36 bits per heavy atom. The zero-order valence-electron chi connectivity index (χ0n) is 12.5. The predicted molar refractivity (Wildman–Crippen MR) is 81.8 cm³/mol. The molecule has 22 heavy (non-hydrogen) atoms. The van der Waals surface area contributed by atoms with Crippen LogP contribution < -0.4 is 15.5 Å². The average molecular weight is 305 g/mol. The topological polar surface area (TPSA) is 98.7 Å². The highest BCUT2D eigenvalue weighted by atomic mass is 16.4. The summed E-state index contributed by atoms with van der Waals surface area (Å²) in [5.41, 5.74) is 1.08. The molecule has 1 atom stereocenters. The van der Waals surface area contributed by atoms with Crippen LogP contribution in [0.3, 0.4) is 0 Å². The number of fused-ring (bicyclic) bond motifs is 1. The number of carbonyl (C=O) groups excluding carboxylic acids is 2. The van der Waals surface area contributed by atoms with Gasteiger partial charge in [0.25, 0.3) is 0 Å². The monoisotopic (exact) mass is 305 g/mol. The first-order valence-corrected chi connectivity index (χ1v) is 7.08. The third kappa shape index (κ3) is 3.55. The summed E-state index contributed by atoms with van der Waals surface area (Å²) in [6, 6.07) is 5.32. The van der Waals surface area contributed by atoms with E-state index in [0.29, 0.717) is 17.8 Å². The van der Waals surface area contributed by atoms with Gasteiger partial charge in [-0.25, -0.2) is 9.59 Å². The summed E-state index contributed by atoms with van der Waals surface area (Å²) in [6.45, 7) is 3.62. The zero-order valence-corrected chi connectivity index (χ0v) is 12.5. The second-order valence-corrected chi connectivity index (χ2v) is 5.62. The molecule has 0 saturated heterocycles. The van der Waals surface area contributed by atoms with Crippen LogP contribution in [0.2, 0.25) is 0 Å². The molecule has 0 saturated carbocycles. The fourth-order valence-corrected chi connectivity index (χ4v) is 2.33. The molecule has 1 aliphatic heterocycles. The molecular formula is C15H19N3O4. The van der Waals surface area contributed by atoms with E-state index in [2.05, 4.69) is 10.6 Å². The van der Waals surface area contributed by atoms with Crippen LogP contribution in [0.5, 0.6) is 0 Å². The third-order valence-corrected chi connectivity index (χ3v) is 3.32. The van der Waals surface area contributed by atoms with Crippen molar-refractivity contribution in [3.05, 3.63) is 24.3 Å². The van der Waals surface area contributed by atoms with Gasteiger partial charge in [0.2, 0.25) is 5.91 Å². The molecule has 3 N–H and O–H groups in total. The lowest BCUT2D eigenvalue weighted by molar-refractivity contribution is -0.139. The summed E-state index contributed by atoms with van der Waals surface area (Å²) >= 11 is 0. The quantitative estimate of drug-likeness (QED) is 0.787. The van der Waals surface area contributed by atoms with Crippen LogP contribution in [-0.2, 0) is 9.59 Å². The largest absolute Gasteiger partial charge is 0.480 e. The van der Waals surface area contributed by atoms with E-state index in [1.165, 1.54) is 4.90 Å². The maximum absolute atomic E-state index is 12.4. The first-order valence-electron chi connectivity index (χ1n) is 7.08. The van der Waals surface area contributed by atoms with E-state index in [4.69, 9.17) is 0 Å². The number of anilines is 2. The number of hydrogen-bond acceptors (Lipinski definition) is 3. The molecule has 1 aromatic carbocycles. The molecule has 1 aromatic rings. The van der Waals surface area contributed by atoms with Crippen molar-refractivity contribution >= 4 is 29.3 Å². The van der Waals surface area contributed by atoms with Gasteiger partial charge in [-0.3, -0.25) is 9.69 Å². The van der Waals surface area contributed by atoms with Gasteiger partial charge in [0.05, 0.1) is 11.4 Å². The molecule has 0 aliphatic carbocycles. The van der Waals surface area contributed by atoms with Crippen molar-refractivity contribution < 1.29 is 19.5 Å². The maximum Gasteiger partial charge on any atom is 0.326 e. The molecule has 0 unspecified atom stereocenters. The van der Waals surface area contributed by atoms with Crippen molar-refractivity contribution in [2.75, 3.05) is 16.8 Å². The molecule has 0 radical (unpaired) electrons. The minimum atomic E-state index is -1.09. The molecule has 0 fully saturated rings. The second kappa shape index (κ2) is 6.46. The van der Waals surface area contributed by atoms with E-state index in [1.807, 2.05) is 13.8 Å². The molecular weight excluding hydrogens is 286 g/mol. The maximum atomic E-state index is 12.4. The van der Waals surface area contributed by atoms with E-state index in [-0.39, 0.29) is 18.4 Å². The first-order chi connectivity index (χ1) is 10.4. The lowest BCUT2D eigenvalue weighted by Crippen LogP contribution is -2.52. The number of carboxylic acid groups (broad SMARTS) is 1. The number of rotatable bonds is 4. The fourth-order valence-electron chi connectivity index (χ4n) is 2.33. The Labute approximate surface area is 128 Å². The number of aliphatic carboxylic acids is 1. The van der Waals surface area contributed by atoms with E-state index < -0.39 is 18.0 Å². The van der Waals surface area contributed by atoms with Gasteiger partial charge in [-0.2, -0.15) is 0 Å². The smallest absolute Gasteiger partial charge is 0.326 e. The Kier molecular flexibility index (Phi) is 4.65. The summed E-state index contributed by atoms with van der Waals surface area (Å²) in [6.07, 6.45) is 0.322. The highest BCUT2D eigenvalue weighted by Crippen LogP contribution is 2.28. The van der Waals surface area contributed by atoms with Crippen molar-refractivity contribution in [3.8, 4) is 0 Å². The number of amides is 3. The molecule has 1 heterocycles. The molecule has 7 nitrogen and oxygen atoms in total. The number of para-hydroxylation sites is 2. The van der Waals surface area contributed by atoms with E-state index in [9.17, 15) is 19.5 Å². The van der Waals surface area contributed by atoms with E-state index in [1.54, 1.807) is 24.3 Å². The Bertz CT molecular complexity index is 600. The Morgan fingerprint density at radius 2 is 2.05 bits per heavy atom. The lowest BCUT2D eigenvalue weighted by atomic mass is 10.0. The van der Waals surface area contributed by atoms with Gasteiger partial charge in [-0.1, -0.05) is 26.0 Å². The zero-order chi connectivity index (χ0) is 16.3. The van der Waals surface area contributed by atoms with E-state index in [0.717, 1.165) is 0 Å². The Morgan fingerprint density at radius 3 is 2.68 bits per heavy atom. The second-order valence-electron chi connectivity index (χ2n) is 5.62. The number of carboxylic acids is 1. The number of nitrogens with zero attached hydrogens (tertiary/aromatic N) is 1. The van der Waals surface area contributed by atoms with Crippen LogP contribution in [-0.4, -0.2) is 35.6 Å². The predicted octanol–water partition coefficient (Wildman–Crippen LogP) is 1.65. The normalized spacial score (nSPS) is 15.0. The van der Waals surface area contributed by atoms with Gasteiger partial charge in [0.15, 0.2) is 0 Å². The lowest BCUT2D eigenvalue weighted by Gasteiger charge is -2.30. The van der Waals surface area contributed by atoms with Gasteiger partial charge < -0.3 is 15.7 Å². The number of urea groups is 1. The fraction of sp³-hybridized carbons (Fsp3) is 0.400. The summed E-state index contributed by atoms with van der Waals surface area (Å²) in [7, 11) is 0. The number of carbonyl (C=O) groups is 3. The summed E-state index contributed by atoms with van der Waals surface area (Å²) in [4.78, 5) is 36.6. The van der Waals surface area contributed by atoms with Gasteiger partial charge in [0.1, 0.15) is 12.6 Å². The molecule has 0 bridgehead atoms. The van der Waals surface area contributed by atoms with Gasteiger partial charge in [-0.15, -0.1) is 0 Å². The van der Waals surface area contributed by atoms with Crippen molar-refractivity contribution in [1.29, 1.82) is 0 Å². The van der Waals surface area contributed by atoms with Crippen molar-refractivity contribution in [2.24, 2.45) is 5.92 Å². The number of benzene rings is 1. The van der Waals surface area contributed by atoms with Crippen LogP contribution in [0.15, 0.2) is 24.3 Å². The molecule has 3 amide bonds. The highest BCUT2D eigenvalue weighted by Gasteiger charge is 2.29. The van der Waals surface area contributed by atoms with Crippen LogP contribution in [0.1, 0.15) is 20.3 Å². The van der Waals surface area contributed by atoms with Crippen molar-refractivity contribution in [2.45, 2.75) is 26.3 Å². The summed E-state index contributed by atoms with van der Waals surface area (Å²) in [5, 5.41) is 14.4. The molecule has 118 valence electrons. The number of hydrogen-bond donors (Lipinski definition) is 3. The van der Waals surface area contributed by atoms with Crippen molar-refractivity contribution in [3.63, 3.8) is 0 Å². The third-order valence-electron chi connectivity index (χ3n) is 3.32. The van der Waals surface area contributed by atoms with Crippen LogP contribution in [0.25, 0.3) is 0 Å². The summed E-state index contributed by atoms with van der Waals surface area (Å²) in [5.74, 6) is -1.28. The van der Waals surface area contributed by atoms with Crippen LogP contribution >= 0.6 is 0 Å². The molecule has 1 aliphatic rings. The SMILES string of the molecule is CC(C)C[C@H](NC(=O)N1CC(=O)Nc2ccccc21)C(=O)O. The minimum Gasteiger partial charge on any atom is -0.480 e. The standard InChI is InChI=1S/C15H19N3O4/c1-9(2)7-11(14(20)21)17-15(22)18-8-13(19)16-10-5-3-4-6-12(10)18/h3-6,9,11H,7-8H2,1-2H3,(H,16,19)(H,17,22)(H,20,21)/t11-/m0/s1. The minimum absolute atomic E-state index is 0.123. The molecule has 2 rings (SSSR count). The Balaban J connectivity index is 2.18. The molecule has 0 spiro atoms. The molecule has 0 aromatic heterocycles. The summed E-state index contributed by atoms with van der Waals surface area (Å²) < 4.78 is 0. The van der Waals surface area contributed by atoms with Gasteiger partial charge in [-0.05, 0) is 24.5 Å². The first kappa shape index (κ1) is 15.8. The number of nitrogens with one attached hydrogen (secondary N) is 2. The van der Waals surface area contributed by atoms with Crippen LogP contribution in [0, 0.1) is 5.92 Å². The van der Waals surface area contributed by atoms with Gasteiger partial charge >= 0.3 is 12.0 Å². The van der Waals surface area contributed by atoms with Crippen molar-refractivity contribution in [1.82, 2.24) is 5.32 Å². The molecule has 7 heteroatoms. The average Bonchev–Trinajstić information content (AvgIpc) is 2.44. The van der Waals surface area contributed by atoms with Gasteiger partial charge in [0, 0.05) is 0 Å². The Hall–Kier alpha value is -2.57. The highest BCUT2D eigenvalue weighted by molar-refractivity contribution is 6.09. The van der Waals surface area contributed by atoms with E-state index >= 15 is 0 Å².